The van der Waals surface area contributed by atoms with Gasteiger partial charge in [0.15, 0.2) is 0 Å². The summed E-state index contributed by atoms with van der Waals surface area (Å²) in [6.45, 7) is 0. The SMILES string of the molecule is NC(CC1CCCC(F)(F)C1)c1ccc(Cl)s1. The molecule has 2 N–H and O–H groups in total. The maximum Gasteiger partial charge on any atom is 0.248 e. The molecule has 0 amide bonds. The summed E-state index contributed by atoms with van der Waals surface area (Å²) in [5.74, 6) is -2.45. The van der Waals surface area contributed by atoms with Crippen LogP contribution in [0, 0.1) is 5.92 Å². The fraction of sp³-hybridized carbons (Fsp3) is 0.667. The molecule has 1 aliphatic carbocycles. The zero-order valence-electron chi connectivity index (χ0n) is 9.46. The molecule has 0 saturated heterocycles. The maximum atomic E-state index is 13.3. The molecule has 1 aromatic rings. The van der Waals surface area contributed by atoms with E-state index < -0.39 is 5.92 Å². The molecule has 0 aliphatic heterocycles. The molecule has 1 fully saturated rings. The van der Waals surface area contributed by atoms with Crippen LogP contribution in [0.1, 0.15) is 43.0 Å². The standard InChI is InChI=1S/C12H16ClF2NS/c13-11-4-3-10(17-11)9(16)6-8-2-1-5-12(14,15)7-8/h3-4,8-9H,1-2,5-7,16H2. The number of rotatable bonds is 3. The predicted octanol–water partition coefficient (Wildman–Crippen LogP) is 4.62. The molecule has 0 bridgehead atoms. The van der Waals surface area contributed by atoms with Crippen molar-refractivity contribution in [3.63, 3.8) is 0 Å². The van der Waals surface area contributed by atoms with Gasteiger partial charge < -0.3 is 5.73 Å². The Balaban J connectivity index is 1.92. The molecule has 2 unspecified atom stereocenters. The molecule has 0 spiro atoms. The van der Waals surface area contributed by atoms with E-state index in [4.69, 9.17) is 17.3 Å². The molecule has 0 radical (unpaired) electrons. The van der Waals surface area contributed by atoms with Crippen molar-refractivity contribution in [3.05, 3.63) is 21.3 Å². The van der Waals surface area contributed by atoms with Gasteiger partial charge >= 0.3 is 0 Å². The molecule has 1 heterocycles. The van der Waals surface area contributed by atoms with Crippen LogP contribution in [0.2, 0.25) is 4.34 Å². The van der Waals surface area contributed by atoms with Crippen LogP contribution in [0.4, 0.5) is 8.78 Å². The molecule has 2 rings (SSSR count). The van der Waals surface area contributed by atoms with E-state index in [2.05, 4.69) is 0 Å². The van der Waals surface area contributed by atoms with Crippen molar-refractivity contribution in [1.82, 2.24) is 0 Å². The Hall–Kier alpha value is -0.190. The quantitative estimate of drug-likeness (QED) is 0.859. The highest BCUT2D eigenvalue weighted by atomic mass is 35.5. The van der Waals surface area contributed by atoms with Gasteiger partial charge in [-0.1, -0.05) is 11.6 Å². The number of alkyl halides is 2. The third-order valence-electron chi connectivity index (χ3n) is 3.29. The predicted molar refractivity (Wildman–Crippen MR) is 67.8 cm³/mol. The van der Waals surface area contributed by atoms with E-state index in [1.807, 2.05) is 6.07 Å². The molecule has 1 nitrogen and oxygen atoms in total. The minimum absolute atomic E-state index is 0.0141. The molecule has 96 valence electrons. The molecule has 1 aliphatic rings. The second-order valence-corrected chi connectivity index (χ2v) is 6.55. The van der Waals surface area contributed by atoms with Gasteiger partial charge in [-0.05, 0) is 37.3 Å². The summed E-state index contributed by atoms with van der Waals surface area (Å²) in [5.41, 5.74) is 6.03. The van der Waals surface area contributed by atoms with Gasteiger partial charge in [-0.15, -0.1) is 11.3 Å². The van der Waals surface area contributed by atoms with Crippen molar-refractivity contribution in [3.8, 4) is 0 Å². The molecule has 2 atom stereocenters. The highest BCUT2D eigenvalue weighted by Gasteiger charge is 2.36. The topological polar surface area (TPSA) is 26.0 Å². The minimum Gasteiger partial charge on any atom is -0.323 e. The first kappa shape index (κ1) is 13.2. The first-order valence-electron chi connectivity index (χ1n) is 5.85. The lowest BCUT2D eigenvalue weighted by atomic mass is 9.82. The van der Waals surface area contributed by atoms with Gasteiger partial charge in [0.25, 0.3) is 0 Å². The fourth-order valence-electron chi connectivity index (χ4n) is 2.48. The largest absolute Gasteiger partial charge is 0.323 e. The Morgan fingerprint density at radius 1 is 1.53 bits per heavy atom. The molecular formula is C12H16ClF2NS. The summed E-state index contributed by atoms with van der Waals surface area (Å²) >= 11 is 7.27. The summed E-state index contributed by atoms with van der Waals surface area (Å²) in [6.07, 6.45) is 2.12. The van der Waals surface area contributed by atoms with E-state index in [1.54, 1.807) is 6.07 Å². The summed E-state index contributed by atoms with van der Waals surface area (Å²) in [7, 11) is 0. The Bertz CT molecular complexity index is 380. The number of thiophene rings is 1. The Morgan fingerprint density at radius 2 is 2.29 bits per heavy atom. The molecule has 1 aromatic heterocycles. The minimum atomic E-state index is -2.49. The van der Waals surface area contributed by atoms with Crippen LogP contribution in [0.15, 0.2) is 12.1 Å². The van der Waals surface area contributed by atoms with E-state index in [1.165, 1.54) is 11.3 Å². The second-order valence-electron chi connectivity index (χ2n) is 4.80. The van der Waals surface area contributed by atoms with Gasteiger partial charge in [0.2, 0.25) is 5.92 Å². The smallest absolute Gasteiger partial charge is 0.248 e. The zero-order valence-corrected chi connectivity index (χ0v) is 11.0. The maximum absolute atomic E-state index is 13.3. The number of halogens is 3. The molecule has 1 saturated carbocycles. The van der Waals surface area contributed by atoms with Crippen molar-refractivity contribution in [2.45, 2.75) is 44.1 Å². The molecule has 0 aromatic carbocycles. The fourth-order valence-corrected chi connectivity index (χ4v) is 3.56. The number of hydrogen-bond acceptors (Lipinski definition) is 2. The van der Waals surface area contributed by atoms with Crippen LogP contribution in [-0.2, 0) is 0 Å². The highest BCUT2D eigenvalue weighted by molar-refractivity contribution is 7.16. The van der Waals surface area contributed by atoms with E-state index in [0.29, 0.717) is 17.2 Å². The third kappa shape index (κ3) is 3.63. The zero-order chi connectivity index (χ0) is 12.5. The Kier molecular flexibility index (Phi) is 4.06. The van der Waals surface area contributed by atoms with Crippen molar-refractivity contribution < 1.29 is 8.78 Å². The summed E-state index contributed by atoms with van der Waals surface area (Å²) in [6, 6.07) is 3.53. The third-order valence-corrected chi connectivity index (χ3v) is 4.65. The van der Waals surface area contributed by atoms with Gasteiger partial charge in [0.1, 0.15) is 0 Å². The first-order chi connectivity index (χ1) is 7.96. The lowest BCUT2D eigenvalue weighted by molar-refractivity contribution is -0.0543. The van der Waals surface area contributed by atoms with Crippen molar-refractivity contribution >= 4 is 22.9 Å². The molecule has 5 heteroatoms. The van der Waals surface area contributed by atoms with Crippen LogP contribution < -0.4 is 5.73 Å². The molecule has 17 heavy (non-hydrogen) atoms. The van der Waals surface area contributed by atoms with Crippen molar-refractivity contribution in [2.75, 3.05) is 0 Å². The Labute approximate surface area is 109 Å². The molecular weight excluding hydrogens is 264 g/mol. The van der Waals surface area contributed by atoms with Crippen molar-refractivity contribution in [1.29, 1.82) is 0 Å². The number of hydrogen-bond donors (Lipinski definition) is 1. The lowest BCUT2D eigenvalue weighted by Gasteiger charge is -2.30. The number of nitrogens with two attached hydrogens (primary N) is 1. The lowest BCUT2D eigenvalue weighted by Crippen LogP contribution is -2.28. The van der Waals surface area contributed by atoms with E-state index in [-0.39, 0.29) is 24.8 Å². The van der Waals surface area contributed by atoms with Crippen molar-refractivity contribution in [2.24, 2.45) is 11.7 Å². The Morgan fingerprint density at radius 3 is 2.88 bits per heavy atom. The van der Waals surface area contributed by atoms with Crippen LogP contribution >= 0.6 is 22.9 Å². The highest BCUT2D eigenvalue weighted by Crippen LogP contribution is 2.40. The van der Waals surface area contributed by atoms with Crippen LogP contribution in [0.5, 0.6) is 0 Å². The van der Waals surface area contributed by atoms with E-state index in [9.17, 15) is 8.78 Å². The van der Waals surface area contributed by atoms with Gasteiger partial charge in [-0.2, -0.15) is 0 Å². The van der Waals surface area contributed by atoms with Crippen LogP contribution in [-0.4, -0.2) is 5.92 Å². The monoisotopic (exact) mass is 279 g/mol. The summed E-state index contributed by atoms with van der Waals surface area (Å²) < 4.78 is 27.2. The average molecular weight is 280 g/mol. The van der Waals surface area contributed by atoms with Crippen LogP contribution in [0.25, 0.3) is 0 Å². The van der Waals surface area contributed by atoms with E-state index >= 15 is 0 Å². The second kappa shape index (κ2) is 5.21. The van der Waals surface area contributed by atoms with Gasteiger partial charge in [-0.3, -0.25) is 0 Å². The summed E-state index contributed by atoms with van der Waals surface area (Å²) in [5, 5.41) is 0. The van der Waals surface area contributed by atoms with Gasteiger partial charge in [-0.25, -0.2) is 8.78 Å². The first-order valence-corrected chi connectivity index (χ1v) is 7.04. The van der Waals surface area contributed by atoms with Crippen LogP contribution in [0.3, 0.4) is 0 Å². The van der Waals surface area contributed by atoms with E-state index in [0.717, 1.165) is 11.3 Å². The average Bonchev–Trinajstić information content (AvgIpc) is 2.63. The summed E-state index contributed by atoms with van der Waals surface area (Å²) in [4.78, 5) is 0.990. The van der Waals surface area contributed by atoms with Gasteiger partial charge in [0.05, 0.1) is 4.34 Å². The normalized spacial score (nSPS) is 25.8. The van der Waals surface area contributed by atoms with Gasteiger partial charge in [0, 0.05) is 23.8 Å².